The number of nitrogens with zero attached hydrogens (tertiary/aromatic N) is 2. The molecule has 0 fully saturated rings. The Kier molecular flexibility index (Phi) is 7.84. The Balaban J connectivity index is 1.61. The van der Waals surface area contributed by atoms with Crippen molar-refractivity contribution in [2.24, 2.45) is 4.99 Å². The molecule has 10 heteroatoms. The number of halogens is 1. The number of carbonyl (C=O) groups excluding carboxylic acids is 1. The van der Waals surface area contributed by atoms with Crippen LogP contribution in [-0.2, 0) is 9.53 Å². The van der Waals surface area contributed by atoms with E-state index in [-0.39, 0.29) is 22.8 Å². The van der Waals surface area contributed by atoms with Crippen molar-refractivity contribution in [3.63, 3.8) is 0 Å². The van der Waals surface area contributed by atoms with Gasteiger partial charge in [0.05, 0.1) is 39.0 Å². The third-order valence-electron chi connectivity index (χ3n) is 6.82. The molecule has 1 aliphatic rings. The third-order valence-corrected chi connectivity index (χ3v) is 8.13. The van der Waals surface area contributed by atoms with Crippen molar-refractivity contribution < 1.29 is 23.8 Å². The molecule has 41 heavy (non-hydrogen) atoms. The SMILES string of the molecule is CCOC(=O)C1=C(C)N=c2s/c(=C\c3ccc(-c4ccc(Cl)c(C(=O)O)c4)o3)c(=O)n2[C@@H]1c1ccc(C(C)C)cc1. The lowest BCUT2D eigenvalue weighted by atomic mass is 9.93. The normalized spacial score (nSPS) is 15.2. The molecule has 2 aromatic carbocycles. The largest absolute Gasteiger partial charge is 0.478 e. The number of carboxylic acid groups (broad SMARTS) is 1. The van der Waals surface area contributed by atoms with Crippen LogP contribution < -0.4 is 14.9 Å². The zero-order valence-corrected chi connectivity index (χ0v) is 24.4. The molecule has 5 rings (SSSR count). The summed E-state index contributed by atoms with van der Waals surface area (Å²) in [4.78, 5) is 43.5. The molecule has 0 saturated carbocycles. The summed E-state index contributed by atoms with van der Waals surface area (Å²) >= 11 is 7.19. The average Bonchev–Trinajstić information content (AvgIpc) is 3.52. The number of esters is 1. The van der Waals surface area contributed by atoms with E-state index in [0.29, 0.717) is 43.6 Å². The second-order valence-electron chi connectivity index (χ2n) is 9.83. The van der Waals surface area contributed by atoms with Gasteiger partial charge < -0.3 is 14.3 Å². The number of hydrogen-bond acceptors (Lipinski definition) is 7. The second kappa shape index (κ2) is 11.3. The van der Waals surface area contributed by atoms with Gasteiger partial charge >= 0.3 is 11.9 Å². The molecule has 0 bridgehead atoms. The first-order valence-corrected chi connectivity index (χ1v) is 14.2. The molecule has 8 nitrogen and oxygen atoms in total. The third kappa shape index (κ3) is 5.42. The molecule has 4 aromatic rings. The molecular weight excluding hydrogens is 564 g/mol. The highest BCUT2D eigenvalue weighted by Crippen LogP contribution is 2.32. The zero-order valence-electron chi connectivity index (χ0n) is 22.8. The molecule has 0 amide bonds. The van der Waals surface area contributed by atoms with Crippen LogP contribution in [0.3, 0.4) is 0 Å². The van der Waals surface area contributed by atoms with Crippen LogP contribution >= 0.6 is 22.9 Å². The average molecular weight is 591 g/mol. The predicted molar refractivity (Wildman–Crippen MR) is 157 cm³/mol. The number of ether oxygens (including phenoxy) is 1. The van der Waals surface area contributed by atoms with E-state index in [9.17, 15) is 19.5 Å². The van der Waals surface area contributed by atoms with Crippen LogP contribution in [0, 0.1) is 0 Å². The van der Waals surface area contributed by atoms with Crippen LogP contribution in [0.2, 0.25) is 5.02 Å². The summed E-state index contributed by atoms with van der Waals surface area (Å²) in [6.07, 6.45) is 1.61. The van der Waals surface area contributed by atoms with Gasteiger partial charge in [0.1, 0.15) is 11.5 Å². The number of furan rings is 1. The number of carbonyl (C=O) groups is 2. The van der Waals surface area contributed by atoms with Crippen molar-refractivity contribution in [2.45, 2.75) is 39.7 Å². The van der Waals surface area contributed by atoms with Gasteiger partial charge in [0, 0.05) is 11.6 Å². The van der Waals surface area contributed by atoms with Gasteiger partial charge in [-0.1, -0.05) is 61.1 Å². The van der Waals surface area contributed by atoms with E-state index in [2.05, 4.69) is 18.8 Å². The topological polar surface area (TPSA) is 111 Å². The van der Waals surface area contributed by atoms with Crippen molar-refractivity contribution in [1.82, 2.24) is 4.57 Å². The highest BCUT2D eigenvalue weighted by Gasteiger charge is 2.33. The van der Waals surface area contributed by atoms with Crippen LogP contribution in [0.15, 0.2) is 80.1 Å². The first kappa shape index (κ1) is 28.3. The minimum atomic E-state index is -1.14. The molecule has 1 aliphatic heterocycles. The van der Waals surface area contributed by atoms with E-state index in [1.54, 1.807) is 38.1 Å². The van der Waals surface area contributed by atoms with Crippen molar-refractivity contribution in [3.05, 3.63) is 113 Å². The molecule has 1 N–H and O–H groups in total. The number of allylic oxidation sites excluding steroid dienone is 1. The molecule has 0 saturated heterocycles. The number of hydrogen-bond donors (Lipinski definition) is 1. The Morgan fingerprint density at radius 2 is 1.90 bits per heavy atom. The second-order valence-corrected chi connectivity index (χ2v) is 11.2. The molecule has 0 spiro atoms. The number of rotatable bonds is 7. The number of benzene rings is 2. The number of fused-ring (bicyclic) bond motifs is 1. The molecule has 0 aliphatic carbocycles. The van der Waals surface area contributed by atoms with Crippen molar-refractivity contribution >= 4 is 41.0 Å². The Hall–Kier alpha value is -4.21. The molecule has 1 atom stereocenters. The standard InChI is InChI=1S/C31H27ClN2O6S/c1-5-39-30(38)26-17(4)33-31-34(27(26)19-8-6-18(7-9-19)16(2)3)28(35)25(41-31)15-21-11-13-24(40-21)20-10-12-23(32)22(14-20)29(36)37/h6-16,27H,5H2,1-4H3,(H,36,37)/b25-15-/t27-/m1/s1. The van der Waals surface area contributed by atoms with Crippen LogP contribution in [-0.4, -0.2) is 28.2 Å². The van der Waals surface area contributed by atoms with Crippen molar-refractivity contribution in [3.8, 4) is 11.3 Å². The summed E-state index contributed by atoms with van der Waals surface area (Å²) in [6.45, 7) is 7.88. The lowest BCUT2D eigenvalue weighted by Gasteiger charge is -2.25. The Morgan fingerprint density at radius 1 is 1.17 bits per heavy atom. The van der Waals surface area contributed by atoms with E-state index < -0.39 is 18.0 Å². The van der Waals surface area contributed by atoms with E-state index >= 15 is 0 Å². The van der Waals surface area contributed by atoms with Crippen LogP contribution in [0.5, 0.6) is 0 Å². The summed E-state index contributed by atoms with van der Waals surface area (Å²) in [7, 11) is 0. The van der Waals surface area contributed by atoms with E-state index in [0.717, 1.165) is 11.1 Å². The van der Waals surface area contributed by atoms with Gasteiger partial charge in [-0.2, -0.15) is 0 Å². The minimum Gasteiger partial charge on any atom is -0.478 e. The minimum absolute atomic E-state index is 0.0374. The monoisotopic (exact) mass is 590 g/mol. The van der Waals surface area contributed by atoms with Gasteiger partial charge in [-0.25, -0.2) is 14.6 Å². The fraction of sp³-hybridized carbons (Fsp3) is 0.226. The molecule has 0 unspecified atom stereocenters. The van der Waals surface area contributed by atoms with Crippen molar-refractivity contribution in [2.75, 3.05) is 6.61 Å². The molecule has 3 heterocycles. The quantitative estimate of drug-likeness (QED) is 0.283. The summed E-state index contributed by atoms with van der Waals surface area (Å²) in [6, 6.07) is 15.2. The van der Waals surface area contributed by atoms with Gasteiger partial charge in [-0.15, -0.1) is 0 Å². The van der Waals surface area contributed by atoms with E-state index in [1.165, 1.54) is 28.0 Å². The first-order chi connectivity index (χ1) is 19.6. The molecule has 2 aromatic heterocycles. The number of carboxylic acids is 1. The Morgan fingerprint density at radius 3 is 2.56 bits per heavy atom. The molecule has 0 radical (unpaired) electrons. The van der Waals surface area contributed by atoms with E-state index in [4.69, 9.17) is 20.8 Å². The summed E-state index contributed by atoms with van der Waals surface area (Å²) in [5.74, 6) is -0.506. The number of aromatic carboxylic acids is 1. The summed E-state index contributed by atoms with van der Waals surface area (Å²) in [5.41, 5.74) is 2.91. The maximum absolute atomic E-state index is 13.8. The highest BCUT2D eigenvalue weighted by atomic mass is 35.5. The maximum Gasteiger partial charge on any atom is 0.338 e. The first-order valence-electron chi connectivity index (χ1n) is 13.0. The highest BCUT2D eigenvalue weighted by molar-refractivity contribution is 7.07. The lowest BCUT2D eigenvalue weighted by molar-refractivity contribution is -0.139. The van der Waals surface area contributed by atoms with Gasteiger partial charge in [0.25, 0.3) is 5.56 Å². The molecule has 210 valence electrons. The smallest absolute Gasteiger partial charge is 0.338 e. The van der Waals surface area contributed by atoms with Gasteiger partial charge in [-0.3, -0.25) is 9.36 Å². The summed E-state index contributed by atoms with van der Waals surface area (Å²) < 4.78 is 13.2. The maximum atomic E-state index is 13.8. The van der Waals surface area contributed by atoms with Crippen molar-refractivity contribution in [1.29, 1.82) is 0 Å². The van der Waals surface area contributed by atoms with Gasteiger partial charge in [0.15, 0.2) is 4.80 Å². The van der Waals surface area contributed by atoms with Crippen LogP contribution in [0.4, 0.5) is 0 Å². The van der Waals surface area contributed by atoms with Gasteiger partial charge in [0.2, 0.25) is 0 Å². The van der Waals surface area contributed by atoms with Crippen LogP contribution in [0.1, 0.15) is 66.9 Å². The van der Waals surface area contributed by atoms with E-state index in [1.807, 2.05) is 24.3 Å². The molecular formula is C31H27ClN2O6S. The zero-order chi connectivity index (χ0) is 29.4. The Bertz CT molecular complexity index is 1880. The Labute approximate surface area is 244 Å². The predicted octanol–water partition coefficient (Wildman–Crippen LogP) is 5.53. The lowest BCUT2D eigenvalue weighted by Crippen LogP contribution is -2.39. The summed E-state index contributed by atoms with van der Waals surface area (Å²) in [5, 5.41) is 9.52. The van der Waals surface area contributed by atoms with Crippen LogP contribution in [0.25, 0.3) is 17.4 Å². The fourth-order valence-corrected chi connectivity index (χ4v) is 5.95. The number of thiazole rings is 1. The van der Waals surface area contributed by atoms with Gasteiger partial charge in [-0.05, 0) is 61.2 Å². The fourth-order valence-electron chi connectivity index (χ4n) is 4.73. The number of aromatic nitrogens is 1.